The molecule has 126 valence electrons. The zero-order valence-corrected chi connectivity index (χ0v) is 13.8. The lowest BCUT2D eigenvalue weighted by Gasteiger charge is -2.16. The number of nitrogens with zero attached hydrogens (tertiary/aromatic N) is 1. The fourth-order valence-corrected chi connectivity index (χ4v) is 3.17. The fourth-order valence-electron chi connectivity index (χ4n) is 3.17. The van der Waals surface area contributed by atoms with Gasteiger partial charge in [-0.25, -0.2) is 0 Å². The third-order valence-corrected chi connectivity index (χ3v) is 4.49. The number of hydrogen-bond acceptors (Lipinski definition) is 3. The molecular formula is C20H24N2O2. The maximum atomic E-state index is 12.4. The third-order valence-electron chi connectivity index (χ3n) is 4.49. The number of nitrogens with two attached hydrogens (primary N) is 1. The Labute approximate surface area is 143 Å². The maximum absolute atomic E-state index is 12.4. The number of ether oxygens (including phenoxy) is 1. The molecular weight excluding hydrogens is 300 g/mol. The van der Waals surface area contributed by atoms with E-state index in [9.17, 15) is 4.79 Å². The number of carbonyl (C=O) groups excluding carboxylic acids is 1. The summed E-state index contributed by atoms with van der Waals surface area (Å²) < 4.78 is 5.64. The topological polar surface area (TPSA) is 55.6 Å². The molecule has 1 amide bonds. The van der Waals surface area contributed by atoms with Crippen molar-refractivity contribution < 1.29 is 9.53 Å². The first kappa shape index (κ1) is 16.5. The number of benzene rings is 2. The van der Waals surface area contributed by atoms with Gasteiger partial charge in [0.15, 0.2) is 0 Å². The Kier molecular flexibility index (Phi) is 5.49. The van der Waals surface area contributed by atoms with E-state index in [0.29, 0.717) is 26.1 Å². The molecule has 24 heavy (non-hydrogen) atoms. The predicted molar refractivity (Wildman–Crippen MR) is 94.9 cm³/mol. The number of likely N-dealkylation sites (tertiary alicyclic amines) is 1. The SMILES string of the molecule is NC1CN(C(=O)CCCOc2ccccc2)CC1c1ccccc1. The highest BCUT2D eigenvalue weighted by Crippen LogP contribution is 2.26. The van der Waals surface area contributed by atoms with Gasteiger partial charge in [0.05, 0.1) is 6.61 Å². The van der Waals surface area contributed by atoms with E-state index in [4.69, 9.17) is 10.5 Å². The Bertz CT molecular complexity index is 645. The number of carbonyl (C=O) groups is 1. The van der Waals surface area contributed by atoms with Crippen LogP contribution in [0.2, 0.25) is 0 Å². The van der Waals surface area contributed by atoms with Crippen LogP contribution in [0.1, 0.15) is 24.3 Å². The van der Waals surface area contributed by atoms with Crippen molar-refractivity contribution >= 4 is 5.91 Å². The molecule has 1 fully saturated rings. The molecule has 2 atom stereocenters. The van der Waals surface area contributed by atoms with Crippen LogP contribution in [0, 0.1) is 0 Å². The van der Waals surface area contributed by atoms with Gasteiger partial charge in [-0.05, 0) is 24.1 Å². The van der Waals surface area contributed by atoms with Gasteiger partial charge in [-0.1, -0.05) is 48.5 Å². The van der Waals surface area contributed by atoms with E-state index in [-0.39, 0.29) is 17.9 Å². The first-order chi connectivity index (χ1) is 11.7. The van der Waals surface area contributed by atoms with Gasteiger partial charge < -0.3 is 15.4 Å². The van der Waals surface area contributed by atoms with Crippen LogP contribution in [0.25, 0.3) is 0 Å². The molecule has 0 spiro atoms. The molecule has 0 bridgehead atoms. The molecule has 2 N–H and O–H groups in total. The Morgan fingerprint density at radius 1 is 1.04 bits per heavy atom. The standard InChI is InChI=1S/C20H24N2O2/c21-19-15-22(14-18(19)16-8-3-1-4-9-16)20(23)12-7-13-24-17-10-5-2-6-11-17/h1-6,8-11,18-19H,7,12-15,21H2. The molecule has 1 aliphatic heterocycles. The Hall–Kier alpha value is -2.33. The van der Waals surface area contributed by atoms with Crippen LogP contribution in [0.15, 0.2) is 60.7 Å². The van der Waals surface area contributed by atoms with E-state index in [1.165, 1.54) is 5.56 Å². The van der Waals surface area contributed by atoms with Crippen LogP contribution < -0.4 is 10.5 Å². The molecule has 0 saturated carbocycles. The zero-order valence-electron chi connectivity index (χ0n) is 13.8. The number of para-hydroxylation sites is 1. The van der Waals surface area contributed by atoms with Gasteiger partial charge in [-0.15, -0.1) is 0 Å². The van der Waals surface area contributed by atoms with Crippen LogP contribution in [-0.2, 0) is 4.79 Å². The second kappa shape index (κ2) is 7.97. The summed E-state index contributed by atoms with van der Waals surface area (Å²) in [4.78, 5) is 14.3. The first-order valence-electron chi connectivity index (χ1n) is 8.50. The molecule has 1 heterocycles. The summed E-state index contributed by atoms with van der Waals surface area (Å²) in [5.74, 6) is 1.24. The van der Waals surface area contributed by atoms with Crippen LogP contribution >= 0.6 is 0 Å². The third kappa shape index (κ3) is 4.15. The van der Waals surface area contributed by atoms with Crippen molar-refractivity contribution in [3.05, 3.63) is 66.2 Å². The average molecular weight is 324 g/mol. The van der Waals surface area contributed by atoms with Crippen LogP contribution in [0.3, 0.4) is 0 Å². The second-order valence-corrected chi connectivity index (χ2v) is 6.24. The van der Waals surface area contributed by atoms with Crippen molar-refractivity contribution in [3.8, 4) is 5.75 Å². The molecule has 2 aromatic rings. The van der Waals surface area contributed by atoms with Gasteiger partial charge in [0.2, 0.25) is 5.91 Å². The molecule has 4 heteroatoms. The Morgan fingerprint density at radius 2 is 1.71 bits per heavy atom. The van der Waals surface area contributed by atoms with Crippen molar-refractivity contribution in [1.82, 2.24) is 4.90 Å². The summed E-state index contributed by atoms with van der Waals surface area (Å²) in [6.07, 6.45) is 1.22. The van der Waals surface area contributed by atoms with E-state index >= 15 is 0 Å². The van der Waals surface area contributed by atoms with E-state index in [2.05, 4.69) is 12.1 Å². The van der Waals surface area contributed by atoms with E-state index < -0.39 is 0 Å². The lowest BCUT2D eigenvalue weighted by Crippen LogP contribution is -2.32. The fraction of sp³-hybridized carbons (Fsp3) is 0.350. The summed E-state index contributed by atoms with van der Waals surface area (Å²) in [7, 11) is 0. The molecule has 2 unspecified atom stereocenters. The van der Waals surface area contributed by atoms with Gasteiger partial charge >= 0.3 is 0 Å². The molecule has 0 aliphatic carbocycles. The number of amides is 1. The van der Waals surface area contributed by atoms with Crippen molar-refractivity contribution in [2.75, 3.05) is 19.7 Å². The van der Waals surface area contributed by atoms with E-state index in [1.54, 1.807) is 0 Å². The smallest absolute Gasteiger partial charge is 0.222 e. The minimum Gasteiger partial charge on any atom is -0.494 e. The van der Waals surface area contributed by atoms with Gasteiger partial charge in [0, 0.05) is 31.5 Å². The maximum Gasteiger partial charge on any atom is 0.222 e. The lowest BCUT2D eigenvalue weighted by molar-refractivity contribution is -0.130. The minimum absolute atomic E-state index is 0.0110. The van der Waals surface area contributed by atoms with Crippen LogP contribution in [-0.4, -0.2) is 36.5 Å². The minimum atomic E-state index is 0.0110. The quantitative estimate of drug-likeness (QED) is 0.831. The predicted octanol–water partition coefficient (Wildman–Crippen LogP) is 2.80. The molecule has 0 aromatic heterocycles. The normalized spacial score (nSPS) is 20.1. The average Bonchev–Trinajstić information content (AvgIpc) is 3.02. The van der Waals surface area contributed by atoms with Gasteiger partial charge in [0.25, 0.3) is 0 Å². The summed E-state index contributed by atoms with van der Waals surface area (Å²) in [6, 6.07) is 19.9. The van der Waals surface area contributed by atoms with Crippen LogP contribution in [0.5, 0.6) is 5.75 Å². The lowest BCUT2D eigenvalue weighted by atomic mass is 9.95. The summed E-state index contributed by atoms with van der Waals surface area (Å²) in [5.41, 5.74) is 7.47. The highest BCUT2D eigenvalue weighted by atomic mass is 16.5. The van der Waals surface area contributed by atoms with Gasteiger partial charge in [0.1, 0.15) is 5.75 Å². The van der Waals surface area contributed by atoms with Crippen molar-refractivity contribution in [2.45, 2.75) is 24.8 Å². The highest BCUT2D eigenvalue weighted by Gasteiger charge is 2.33. The van der Waals surface area contributed by atoms with E-state index in [0.717, 1.165) is 12.2 Å². The summed E-state index contributed by atoms with van der Waals surface area (Å²) >= 11 is 0. The number of hydrogen-bond donors (Lipinski definition) is 1. The molecule has 1 aliphatic rings. The zero-order chi connectivity index (χ0) is 16.8. The summed E-state index contributed by atoms with van der Waals surface area (Å²) in [5, 5.41) is 0. The van der Waals surface area contributed by atoms with Gasteiger partial charge in [-0.2, -0.15) is 0 Å². The summed E-state index contributed by atoms with van der Waals surface area (Å²) in [6.45, 7) is 1.90. The monoisotopic (exact) mass is 324 g/mol. The van der Waals surface area contributed by atoms with Crippen molar-refractivity contribution in [3.63, 3.8) is 0 Å². The largest absolute Gasteiger partial charge is 0.494 e. The molecule has 1 saturated heterocycles. The van der Waals surface area contributed by atoms with Gasteiger partial charge in [-0.3, -0.25) is 4.79 Å². The van der Waals surface area contributed by atoms with Crippen LogP contribution in [0.4, 0.5) is 0 Å². The molecule has 2 aromatic carbocycles. The second-order valence-electron chi connectivity index (χ2n) is 6.24. The Morgan fingerprint density at radius 3 is 2.42 bits per heavy atom. The first-order valence-corrected chi connectivity index (χ1v) is 8.50. The molecule has 3 rings (SSSR count). The Balaban J connectivity index is 1.44. The van der Waals surface area contributed by atoms with Crippen molar-refractivity contribution in [1.29, 1.82) is 0 Å². The van der Waals surface area contributed by atoms with Crippen molar-refractivity contribution in [2.24, 2.45) is 5.73 Å². The van der Waals surface area contributed by atoms with E-state index in [1.807, 2.05) is 53.4 Å². The molecule has 4 nitrogen and oxygen atoms in total. The molecule has 0 radical (unpaired) electrons. The number of rotatable bonds is 6. The highest BCUT2D eigenvalue weighted by molar-refractivity contribution is 5.76.